The van der Waals surface area contributed by atoms with Gasteiger partial charge in [0.1, 0.15) is 4.90 Å². The monoisotopic (exact) mass is 468 g/mol. The Hall–Kier alpha value is -3.42. The predicted molar refractivity (Wildman–Crippen MR) is 127 cm³/mol. The fraction of sp³-hybridized carbons (Fsp3) is 0.0833. The number of carbonyl (C=O) groups excluding carboxylic acids is 2. The molecule has 32 heavy (non-hydrogen) atoms. The standard InChI is InChI=1S/C24H21ClN2O4S/c1-3-15-27(21-7-5-4-6-8-21)32(30,31)23-16-19(11-14-22(23)25)24(29)26-20-12-9-18(10-13-20)17(2)28/h3-14,16H,1,15H2,2H3,(H,26,29). The van der Waals surface area contributed by atoms with E-state index in [1.807, 2.05) is 0 Å². The molecule has 3 rings (SSSR count). The largest absolute Gasteiger partial charge is 0.322 e. The number of halogens is 1. The second kappa shape index (κ2) is 9.80. The van der Waals surface area contributed by atoms with E-state index in [2.05, 4.69) is 11.9 Å². The first-order chi connectivity index (χ1) is 15.2. The van der Waals surface area contributed by atoms with Gasteiger partial charge in [-0.15, -0.1) is 6.58 Å². The van der Waals surface area contributed by atoms with E-state index in [1.54, 1.807) is 54.6 Å². The van der Waals surface area contributed by atoms with Gasteiger partial charge in [0.25, 0.3) is 15.9 Å². The minimum absolute atomic E-state index is 0.00245. The van der Waals surface area contributed by atoms with Crippen molar-refractivity contribution in [2.75, 3.05) is 16.2 Å². The van der Waals surface area contributed by atoms with Crippen LogP contribution in [0.3, 0.4) is 0 Å². The number of nitrogens with one attached hydrogen (secondary N) is 1. The molecule has 0 spiro atoms. The lowest BCUT2D eigenvalue weighted by Crippen LogP contribution is -2.31. The number of anilines is 2. The van der Waals surface area contributed by atoms with E-state index in [0.29, 0.717) is 16.9 Å². The van der Waals surface area contributed by atoms with Crippen molar-refractivity contribution in [3.8, 4) is 0 Å². The molecule has 0 aliphatic carbocycles. The van der Waals surface area contributed by atoms with Crippen LogP contribution in [0.5, 0.6) is 0 Å². The van der Waals surface area contributed by atoms with Crippen LogP contribution in [0.2, 0.25) is 5.02 Å². The number of nitrogens with zero attached hydrogens (tertiary/aromatic N) is 1. The SMILES string of the molecule is C=CCN(c1ccccc1)S(=O)(=O)c1cc(C(=O)Nc2ccc(C(C)=O)cc2)ccc1Cl. The molecule has 8 heteroatoms. The normalized spacial score (nSPS) is 10.9. The minimum atomic E-state index is -4.08. The zero-order chi connectivity index (χ0) is 23.3. The predicted octanol–water partition coefficient (Wildman–Crippen LogP) is 5.18. The van der Waals surface area contributed by atoms with Crippen LogP contribution in [0.1, 0.15) is 27.6 Å². The molecule has 164 valence electrons. The summed E-state index contributed by atoms with van der Waals surface area (Å²) in [4.78, 5) is 24.0. The number of carbonyl (C=O) groups is 2. The molecule has 0 bridgehead atoms. The Bertz CT molecular complexity index is 1260. The Kier molecular flexibility index (Phi) is 7.12. The van der Waals surface area contributed by atoms with Gasteiger partial charge in [-0.05, 0) is 61.5 Å². The van der Waals surface area contributed by atoms with Crippen LogP contribution < -0.4 is 9.62 Å². The quantitative estimate of drug-likeness (QED) is 0.365. The van der Waals surface area contributed by atoms with Crippen LogP contribution in [0.25, 0.3) is 0 Å². The Morgan fingerprint density at radius 2 is 1.62 bits per heavy atom. The Morgan fingerprint density at radius 3 is 2.22 bits per heavy atom. The first-order valence-electron chi connectivity index (χ1n) is 9.64. The van der Waals surface area contributed by atoms with Gasteiger partial charge in [-0.1, -0.05) is 35.9 Å². The fourth-order valence-corrected chi connectivity index (χ4v) is 4.95. The fourth-order valence-electron chi connectivity index (χ4n) is 3.01. The van der Waals surface area contributed by atoms with E-state index < -0.39 is 15.9 Å². The molecular weight excluding hydrogens is 448 g/mol. The van der Waals surface area contributed by atoms with Crippen molar-refractivity contribution in [3.05, 3.63) is 102 Å². The molecule has 0 aliphatic heterocycles. The molecule has 3 aromatic carbocycles. The van der Waals surface area contributed by atoms with E-state index in [-0.39, 0.29) is 27.8 Å². The minimum Gasteiger partial charge on any atom is -0.322 e. The zero-order valence-corrected chi connectivity index (χ0v) is 18.9. The molecule has 0 aliphatic rings. The number of benzene rings is 3. The average molecular weight is 469 g/mol. The molecule has 0 saturated carbocycles. The summed E-state index contributed by atoms with van der Waals surface area (Å²) in [7, 11) is -4.08. The van der Waals surface area contributed by atoms with E-state index in [9.17, 15) is 18.0 Å². The van der Waals surface area contributed by atoms with Crippen LogP contribution in [0, 0.1) is 0 Å². The van der Waals surface area contributed by atoms with E-state index in [0.717, 1.165) is 0 Å². The lowest BCUT2D eigenvalue weighted by atomic mass is 10.1. The van der Waals surface area contributed by atoms with Crippen LogP contribution >= 0.6 is 11.6 Å². The third-order valence-electron chi connectivity index (χ3n) is 4.65. The maximum Gasteiger partial charge on any atom is 0.266 e. The Balaban J connectivity index is 1.94. The third-order valence-corrected chi connectivity index (χ3v) is 6.93. The summed E-state index contributed by atoms with van der Waals surface area (Å²) < 4.78 is 28.0. The van der Waals surface area contributed by atoms with Gasteiger partial charge in [-0.25, -0.2) is 8.42 Å². The molecule has 0 saturated heterocycles. The van der Waals surface area contributed by atoms with Gasteiger partial charge in [0.2, 0.25) is 0 Å². The zero-order valence-electron chi connectivity index (χ0n) is 17.3. The number of sulfonamides is 1. The van der Waals surface area contributed by atoms with Gasteiger partial charge in [-0.2, -0.15) is 0 Å². The number of Topliss-reactive ketones (excluding diaryl/α,β-unsaturated/α-hetero) is 1. The number of ketones is 1. The molecule has 3 aromatic rings. The molecule has 0 heterocycles. The van der Waals surface area contributed by atoms with E-state index in [1.165, 1.54) is 35.5 Å². The number of hydrogen-bond donors (Lipinski definition) is 1. The molecular formula is C24H21ClN2O4S. The third kappa shape index (κ3) is 5.07. The highest BCUT2D eigenvalue weighted by Gasteiger charge is 2.27. The van der Waals surface area contributed by atoms with Gasteiger partial charge >= 0.3 is 0 Å². The van der Waals surface area contributed by atoms with Crippen molar-refractivity contribution in [1.29, 1.82) is 0 Å². The van der Waals surface area contributed by atoms with Crippen LogP contribution in [-0.2, 0) is 10.0 Å². The van der Waals surface area contributed by atoms with Crippen molar-refractivity contribution in [2.45, 2.75) is 11.8 Å². The molecule has 1 amide bonds. The summed E-state index contributed by atoms with van der Waals surface area (Å²) in [5, 5.41) is 2.69. The highest BCUT2D eigenvalue weighted by Crippen LogP contribution is 2.29. The summed E-state index contributed by atoms with van der Waals surface area (Å²) >= 11 is 6.23. The van der Waals surface area contributed by atoms with Crippen LogP contribution in [0.4, 0.5) is 11.4 Å². The summed E-state index contributed by atoms with van der Waals surface area (Å²) in [6, 6.07) is 19.0. The summed E-state index contributed by atoms with van der Waals surface area (Å²) in [5.41, 5.74) is 1.56. The van der Waals surface area contributed by atoms with E-state index in [4.69, 9.17) is 11.6 Å². The smallest absolute Gasteiger partial charge is 0.266 e. The van der Waals surface area contributed by atoms with Gasteiger partial charge < -0.3 is 5.32 Å². The van der Waals surface area contributed by atoms with Gasteiger partial charge in [0.15, 0.2) is 5.78 Å². The summed E-state index contributed by atoms with van der Waals surface area (Å²) in [6.45, 7) is 5.12. The lowest BCUT2D eigenvalue weighted by Gasteiger charge is -2.24. The molecule has 0 unspecified atom stereocenters. The molecule has 0 radical (unpaired) electrons. The molecule has 0 fully saturated rings. The number of para-hydroxylation sites is 1. The maximum atomic E-state index is 13.4. The van der Waals surface area contributed by atoms with Gasteiger partial charge in [0, 0.05) is 16.8 Å². The van der Waals surface area contributed by atoms with Crippen molar-refractivity contribution >= 4 is 44.7 Å². The van der Waals surface area contributed by atoms with Crippen molar-refractivity contribution in [3.63, 3.8) is 0 Å². The number of rotatable bonds is 8. The average Bonchev–Trinajstić information content (AvgIpc) is 2.78. The van der Waals surface area contributed by atoms with Crippen molar-refractivity contribution in [2.24, 2.45) is 0 Å². The van der Waals surface area contributed by atoms with Gasteiger partial charge in [-0.3, -0.25) is 13.9 Å². The second-order valence-electron chi connectivity index (χ2n) is 6.89. The highest BCUT2D eigenvalue weighted by molar-refractivity contribution is 7.93. The van der Waals surface area contributed by atoms with E-state index >= 15 is 0 Å². The van der Waals surface area contributed by atoms with Crippen molar-refractivity contribution in [1.82, 2.24) is 0 Å². The van der Waals surface area contributed by atoms with Crippen LogP contribution in [-0.4, -0.2) is 26.7 Å². The molecule has 0 aromatic heterocycles. The summed E-state index contributed by atoms with van der Waals surface area (Å²) in [6.07, 6.45) is 1.47. The van der Waals surface area contributed by atoms with Gasteiger partial charge in [0.05, 0.1) is 17.3 Å². The second-order valence-corrected chi connectivity index (χ2v) is 9.13. The molecule has 6 nitrogen and oxygen atoms in total. The first kappa shape index (κ1) is 23.2. The van der Waals surface area contributed by atoms with Crippen LogP contribution in [0.15, 0.2) is 90.3 Å². The highest BCUT2D eigenvalue weighted by atomic mass is 35.5. The molecule has 0 atom stereocenters. The van der Waals surface area contributed by atoms with Crippen molar-refractivity contribution < 1.29 is 18.0 Å². The Morgan fingerprint density at radius 1 is 1.00 bits per heavy atom. The number of amides is 1. The molecule has 1 N–H and O–H groups in total. The summed E-state index contributed by atoms with van der Waals surface area (Å²) in [5.74, 6) is -0.596. The first-order valence-corrected chi connectivity index (χ1v) is 11.5. The number of hydrogen-bond acceptors (Lipinski definition) is 4. The lowest BCUT2D eigenvalue weighted by molar-refractivity contribution is 0.101. The Labute approximate surface area is 192 Å². The topological polar surface area (TPSA) is 83.6 Å². The maximum absolute atomic E-state index is 13.4.